The molecule has 4 nitrogen and oxygen atoms in total. The Morgan fingerprint density at radius 3 is 2.89 bits per heavy atom. The van der Waals surface area contributed by atoms with Crippen molar-refractivity contribution in [3.8, 4) is 11.3 Å². The lowest BCUT2D eigenvalue weighted by Crippen LogP contribution is -2.28. The average Bonchev–Trinajstić information content (AvgIpc) is 2.69. The van der Waals surface area contributed by atoms with Crippen LogP contribution < -0.4 is 5.46 Å². The molecule has 1 aromatic heterocycles. The molecule has 2 heterocycles. The van der Waals surface area contributed by atoms with E-state index >= 15 is 0 Å². The highest BCUT2D eigenvalue weighted by molar-refractivity contribution is 6.61. The maximum atomic E-state index is 9.67. The molecule has 0 radical (unpaired) electrons. The van der Waals surface area contributed by atoms with Crippen LogP contribution in [0.5, 0.6) is 0 Å². The van der Waals surface area contributed by atoms with Crippen LogP contribution >= 0.6 is 23.2 Å². The largest absolute Gasteiger partial charge is 0.491 e. The fourth-order valence-electron chi connectivity index (χ4n) is 1.91. The van der Waals surface area contributed by atoms with Crippen LogP contribution in [0, 0.1) is 0 Å². The molecule has 0 fully saturated rings. The zero-order valence-electron chi connectivity index (χ0n) is 9.10. The first-order valence-corrected chi connectivity index (χ1v) is 6.00. The molecule has 90 valence electrons. The minimum Gasteiger partial charge on any atom is -0.423 e. The van der Waals surface area contributed by atoms with Crippen molar-refractivity contribution in [1.82, 2.24) is 9.97 Å². The topological polar surface area (TPSA) is 55.2 Å². The van der Waals surface area contributed by atoms with Crippen LogP contribution in [0.15, 0.2) is 24.5 Å². The molecule has 0 saturated carbocycles. The number of hydrogen-bond acceptors (Lipinski definition) is 4. The number of benzene rings is 1. The summed E-state index contributed by atoms with van der Waals surface area (Å²) < 4.78 is 5.13. The van der Waals surface area contributed by atoms with Gasteiger partial charge < -0.3 is 9.68 Å². The molecule has 0 saturated heterocycles. The van der Waals surface area contributed by atoms with Gasteiger partial charge in [-0.05, 0) is 17.1 Å². The minimum absolute atomic E-state index is 0.292. The lowest BCUT2D eigenvalue weighted by atomic mass is 9.78. The summed E-state index contributed by atoms with van der Waals surface area (Å²) >= 11 is 12.0. The summed E-state index contributed by atoms with van der Waals surface area (Å²) in [5.41, 5.74) is 2.83. The van der Waals surface area contributed by atoms with Gasteiger partial charge in [0.2, 0.25) is 0 Å². The molecule has 0 unspecified atom stereocenters. The highest BCUT2D eigenvalue weighted by Gasteiger charge is 2.28. The van der Waals surface area contributed by atoms with Crippen LogP contribution in [0.4, 0.5) is 0 Å². The van der Waals surface area contributed by atoms with Gasteiger partial charge in [0.15, 0.2) is 0 Å². The average molecular weight is 281 g/mol. The highest BCUT2D eigenvalue weighted by atomic mass is 35.5. The van der Waals surface area contributed by atoms with E-state index in [9.17, 15) is 5.02 Å². The van der Waals surface area contributed by atoms with Gasteiger partial charge in [0.1, 0.15) is 5.15 Å². The SMILES string of the molecule is OB1OCc2cc(Cl)c(-c3cncc(Cl)n3)cc21. The van der Waals surface area contributed by atoms with Gasteiger partial charge in [-0.2, -0.15) is 0 Å². The Morgan fingerprint density at radius 1 is 1.28 bits per heavy atom. The first-order valence-electron chi connectivity index (χ1n) is 5.25. The molecule has 0 atom stereocenters. The van der Waals surface area contributed by atoms with Crippen LogP contribution in [0.25, 0.3) is 11.3 Å². The number of fused-ring (bicyclic) bond motifs is 1. The zero-order valence-corrected chi connectivity index (χ0v) is 10.6. The van der Waals surface area contributed by atoms with Crippen LogP contribution in [0.2, 0.25) is 10.2 Å². The highest BCUT2D eigenvalue weighted by Crippen LogP contribution is 2.28. The number of hydrogen-bond donors (Lipinski definition) is 1. The van der Waals surface area contributed by atoms with Gasteiger partial charge in [-0.3, -0.25) is 4.98 Å². The summed E-state index contributed by atoms with van der Waals surface area (Å²) in [7, 11) is -0.914. The van der Waals surface area contributed by atoms with Crippen molar-refractivity contribution in [3.63, 3.8) is 0 Å². The van der Waals surface area contributed by atoms with Gasteiger partial charge in [-0.25, -0.2) is 4.98 Å². The Morgan fingerprint density at radius 2 is 2.11 bits per heavy atom. The Labute approximate surface area is 114 Å². The summed E-state index contributed by atoms with van der Waals surface area (Å²) in [6.07, 6.45) is 3.02. The smallest absolute Gasteiger partial charge is 0.423 e. The van der Waals surface area contributed by atoms with Crippen molar-refractivity contribution in [2.75, 3.05) is 0 Å². The van der Waals surface area contributed by atoms with E-state index in [-0.39, 0.29) is 0 Å². The second kappa shape index (κ2) is 4.51. The molecule has 0 spiro atoms. The summed E-state index contributed by atoms with van der Waals surface area (Å²) in [5.74, 6) is 0. The van der Waals surface area contributed by atoms with Crippen LogP contribution in [-0.4, -0.2) is 22.1 Å². The van der Waals surface area contributed by atoms with Crippen LogP contribution in [0.1, 0.15) is 5.56 Å². The molecule has 2 aromatic rings. The monoisotopic (exact) mass is 280 g/mol. The van der Waals surface area contributed by atoms with Gasteiger partial charge in [-0.1, -0.05) is 29.3 Å². The summed E-state index contributed by atoms with van der Waals surface area (Å²) in [5, 5.41) is 10.5. The van der Waals surface area contributed by atoms with E-state index in [1.165, 1.54) is 6.20 Å². The van der Waals surface area contributed by atoms with Gasteiger partial charge >= 0.3 is 7.12 Å². The van der Waals surface area contributed by atoms with E-state index in [0.717, 1.165) is 5.56 Å². The first-order chi connectivity index (χ1) is 8.65. The third kappa shape index (κ3) is 1.99. The van der Waals surface area contributed by atoms with Crippen molar-refractivity contribution in [1.29, 1.82) is 0 Å². The molecule has 0 bridgehead atoms. The standard InChI is InChI=1S/C11H7BCl2N2O2/c13-9-1-6-5-18-12(17)8(6)2-7(9)10-3-15-4-11(14)16-10/h1-4,17H,5H2. The van der Waals surface area contributed by atoms with Gasteiger partial charge in [-0.15, -0.1) is 0 Å². The maximum Gasteiger partial charge on any atom is 0.491 e. The van der Waals surface area contributed by atoms with Gasteiger partial charge in [0.05, 0.1) is 29.7 Å². The predicted molar refractivity (Wildman–Crippen MR) is 69.9 cm³/mol. The Balaban J connectivity index is 2.16. The first kappa shape index (κ1) is 11.9. The minimum atomic E-state index is -0.914. The molecule has 18 heavy (non-hydrogen) atoms. The fraction of sp³-hybridized carbons (Fsp3) is 0.0909. The normalized spacial score (nSPS) is 13.8. The third-order valence-corrected chi connectivity index (χ3v) is 3.27. The molecule has 7 heteroatoms. The van der Waals surface area contributed by atoms with E-state index in [1.54, 1.807) is 18.3 Å². The van der Waals surface area contributed by atoms with E-state index in [4.69, 9.17) is 27.9 Å². The second-order valence-electron chi connectivity index (χ2n) is 3.92. The molecule has 1 aliphatic rings. The van der Waals surface area contributed by atoms with Crippen molar-refractivity contribution in [3.05, 3.63) is 40.3 Å². The lowest BCUT2D eigenvalue weighted by Gasteiger charge is -2.07. The zero-order chi connectivity index (χ0) is 12.7. The summed E-state index contributed by atoms with van der Waals surface area (Å²) in [6, 6.07) is 3.53. The Hall–Kier alpha value is -1.14. The molecule has 1 aromatic carbocycles. The van der Waals surface area contributed by atoms with E-state index in [1.807, 2.05) is 0 Å². The van der Waals surface area contributed by atoms with Crippen LogP contribution in [0.3, 0.4) is 0 Å². The fourth-order valence-corrected chi connectivity index (χ4v) is 2.34. The lowest BCUT2D eigenvalue weighted by molar-refractivity contribution is 0.275. The molecule has 0 aliphatic carbocycles. The molecular formula is C11H7BCl2N2O2. The third-order valence-electron chi connectivity index (χ3n) is 2.77. The molecular weight excluding hydrogens is 274 g/mol. The van der Waals surface area contributed by atoms with Crippen LogP contribution in [-0.2, 0) is 11.3 Å². The van der Waals surface area contributed by atoms with Crippen molar-refractivity contribution < 1.29 is 9.68 Å². The Bertz CT molecular complexity index is 624. The summed E-state index contributed by atoms with van der Waals surface area (Å²) in [6.45, 7) is 0.359. The molecule has 1 aliphatic heterocycles. The molecule has 1 N–H and O–H groups in total. The van der Waals surface area contributed by atoms with E-state index in [0.29, 0.717) is 33.5 Å². The van der Waals surface area contributed by atoms with Crippen molar-refractivity contribution >= 4 is 35.8 Å². The van der Waals surface area contributed by atoms with E-state index < -0.39 is 7.12 Å². The predicted octanol–water partition coefficient (Wildman–Crippen LogP) is 1.67. The van der Waals surface area contributed by atoms with Crippen molar-refractivity contribution in [2.45, 2.75) is 6.61 Å². The van der Waals surface area contributed by atoms with E-state index in [2.05, 4.69) is 9.97 Å². The quantitative estimate of drug-likeness (QED) is 0.808. The summed E-state index contributed by atoms with van der Waals surface area (Å²) in [4.78, 5) is 8.12. The maximum absolute atomic E-state index is 9.67. The Kier molecular flexibility index (Phi) is 2.99. The number of aromatic nitrogens is 2. The van der Waals surface area contributed by atoms with Gasteiger partial charge in [0, 0.05) is 5.56 Å². The number of nitrogens with zero attached hydrogens (tertiary/aromatic N) is 2. The van der Waals surface area contributed by atoms with Gasteiger partial charge in [0.25, 0.3) is 0 Å². The number of rotatable bonds is 1. The second-order valence-corrected chi connectivity index (χ2v) is 4.72. The molecule has 3 rings (SSSR count). The number of halogens is 2. The molecule has 0 amide bonds. The van der Waals surface area contributed by atoms with Crippen molar-refractivity contribution in [2.24, 2.45) is 0 Å².